The van der Waals surface area contributed by atoms with Gasteiger partial charge in [0.1, 0.15) is 0 Å². The quantitative estimate of drug-likeness (QED) is 0.336. The Morgan fingerprint density at radius 3 is 2.72 bits per heavy atom. The van der Waals surface area contributed by atoms with Gasteiger partial charge in [-0.1, -0.05) is 36.4 Å². The summed E-state index contributed by atoms with van der Waals surface area (Å²) in [7, 11) is 0. The number of amides is 1. The molecule has 4 rings (SSSR count). The molecule has 2 aromatic carbocycles. The van der Waals surface area contributed by atoms with Crippen LogP contribution in [0.25, 0.3) is 0 Å². The topological polar surface area (TPSA) is 117 Å². The summed E-state index contributed by atoms with van der Waals surface area (Å²) >= 11 is 0. The number of nitro groups is 1. The predicted octanol–water partition coefficient (Wildman–Crippen LogP) is 3.63. The summed E-state index contributed by atoms with van der Waals surface area (Å²) in [6, 6.07) is 15.6. The molecule has 0 saturated heterocycles. The molecule has 162 valence electrons. The molecule has 2 aromatic heterocycles. The molecule has 1 amide bonds. The number of aryl methyl sites for hydroxylation is 1. The molecule has 0 fully saturated rings. The van der Waals surface area contributed by atoms with Gasteiger partial charge in [-0.3, -0.25) is 19.6 Å². The molecule has 0 aliphatic heterocycles. The molecule has 0 aliphatic carbocycles. The second kappa shape index (κ2) is 9.13. The van der Waals surface area contributed by atoms with Crippen molar-refractivity contribution in [1.82, 2.24) is 19.6 Å². The van der Waals surface area contributed by atoms with E-state index in [0.717, 1.165) is 5.56 Å². The van der Waals surface area contributed by atoms with Crippen molar-refractivity contribution in [2.75, 3.05) is 5.32 Å². The highest BCUT2D eigenvalue weighted by atomic mass is 16.6. The van der Waals surface area contributed by atoms with E-state index in [2.05, 4.69) is 15.5 Å². The third-order valence-electron chi connectivity index (χ3n) is 4.77. The van der Waals surface area contributed by atoms with E-state index in [1.54, 1.807) is 35.4 Å². The van der Waals surface area contributed by atoms with Crippen molar-refractivity contribution in [3.63, 3.8) is 0 Å². The molecule has 1 N–H and O–H groups in total. The number of carbonyl (C=O) groups is 1. The number of nitro benzene ring substituents is 1. The first-order valence-corrected chi connectivity index (χ1v) is 9.77. The average Bonchev–Trinajstić information content (AvgIpc) is 3.44. The van der Waals surface area contributed by atoms with Crippen LogP contribution in [0.2, 0.25) is 0 Å². The summed E-state index contributed by atoms with van der Waals surface area (Å²) < 4.78 is 8.61. The normalized spacial score (nSPS) is 10.7. The van der Waals surface area contributed by atoms with E-state index in [0.29, 0.717) is 12.2 Å². The van der Waals surface area contributed by atoms with Gasteiger partial charge in [0.05, 0.1) is 23.4 Å². The number of benzene rings is 2. The first-order valence-electron chi connectivity index (χ1n) is 9.77. The van der Waals surface area contributed by atoms with Crippen molar-refractivity contribution in [3.05, 3.63) is 100 Å². The Labute approximate surface area is 183 Å². The van der Waals surface area contributed by atoms with Gasteiger partial charge in [-0.2, -0.15) is 10.2 Å². The molecule has 10 nitrogen and oxygen atoms in total. The van der Waals surface area contributed by atoms with Gasteiger partial charge in [-0.05, 0) is 30.2 Å². The zero-order valence-electron chi connectivity index (χ0n) is 17.2. The molecule has 4 aromatic rings. The van der Waals surface area contributed by atoms with Crippen LogP contribution in [-0.2, 0) is 13.3 Å². The van der Waals surface area contributed by atoms with Gasteiger partial charge in [-0.25, -0.2) is 4.68 Å². The largest absolute Gasteiger partial charge is 0.464 e. The highest BCUT2D eigenvalue weighted by molar-refractivity contribution is 6.02. The number of para-hydroxylation sites is 2. The summed E-state index contributed by atoms with van der Waals surface area (Å²) in [5.41, 5.74) is 2.91. The maximum atomic E-state index is 12.5. The highest BCUT2D eigenvalue weighted by Crippen LogP contribution is 2.26. The van der Waals surface area contributed by atoms with Crippen molar-refractivity contribution in [2.24, 2.45) is 0 Å². The van der Waals surface area contributed by atoms with Crippen LogP contribution in [0.3, 0.4) is 0 Å². The molecule has 0 radical (unpaired) electrons. The van der Waals surface area contributed by atoms with Gasteiger partial charge in [-0.15, -0.1) is 0 Å². The standard InChI is InChI=1S/C22H20N6O4/c1-16-6-2-3-7-17(16)13-27-14-18(12-23-27)24-22(29)19-10-11-26(25-19)15-32-21-9-5-4-8-20(21)28(30)31/h2-12,14H,13,15H2,1H3,(H,24,29). The molecule has 10 heteroatoms. The zero-order valence-corrected chi connectivity index (χ0v) is 17.2. The minimum Gasteiger partial charge on any atom is -0.464 e. The Balaban J connectivity index is 1.36. The second-order valence-electron chi connectivity index (χ2n) is 7.05. The average molecular weight is 432 g/mol. The Kier molecular flexibility index (Phi) is 5.93. The summed E-state index contributed by atoms with van der Waals surface area (Å²) in [6.45, 7) is 2.56. The van der Waals surface area contributed by atoms with Gasteiger partial charge in [0.15, 0.2) is 18.2 Å². The Bertz CT molecular complexity index is 1260. The molecular weight excluding hydrogens is 412 g/mol. The lowest BCUT2D eigenvalue weighted by molar-refractivity contribution is -0.386. The lowest BCUT2D eigenvalue weighted by atomic mass is 10.1. The molecule has 0 atom stereocenters. The van der Waals surface area contributed by atoms with Crippen molar-refractivity contribution < 1.29 is 14.5 Å². The third-order valence-corrected chi connectivity index (χ3v) is 4.77. The summed E-state index contributed by atoms with van der Waals surface area (Å²) in [5, 5.41) is 22.3. The lowest BCUT2D eigenvalue weighted by Gasteiger charge is -2.06. The van der Waals surface area contributed by atoms with Gasteiger partial charge in [0.25, 0.3) is 5.91 Å². The maximum absolute atomic E-state index is 12.5. The van der Waals surface area contributed by atoms with Crippen LogP contribution in [-0.4, -0.2) is 30.4 Å². The molecule has 2 heterocycles. The fourth-order valence-corrected chi connectivity index (χ4v) is 3.09. The summed E-state index contributed by atoms with van der Waals surface area (Å²) in [6.07, 6.45) is 4.88. The van der Waals surface area contributed by atoms with E-state index < -0.39 is 10.8 Å². The van der Waals surface area contributed by atoms with Crippen LogP contribution in [0, 0.1) is 17.0 Å². The van der Waals surface area contributed by atoms with E-state index in [-0.39, 0.29) is 23.9 Å². The smallest absolute Gasteiger partial charge is 0.311 e. The number of aromatic nitrogens is 4. The molecule has 32 heavy (non-hydrogen) atoms. The number of hydrogen-bond acceptors (Lipinski definition) is 6. The molecular formula is C22H20N6O4. The number of nitrogens with one attached hydrogen (secondary N) is 1. The van der Waals surface area contributed by atoms with Gasteiger partial charge >= 0.3 is 5.69 Å². The molecule has 0 bridgehead atoms. The van der Waals surface area contributed by atoms with E-state index in [4.69, 9.17) is 4.74 Å². The Morgan fingerprint density at radius 2 is 1.91 bits per heavy atom. The summed E-state index contributed by atoms with van der Waals surface area (Å²) in [4.78, 5) is 23.1. The first-order chi connectivity index (χ1) is 15.5. The van der Waals surface area contributed by atoms with E-state index >= 15 is 0 Å². The van der Waals surface area contributed by atoms with Crippen LogP contribution in [0.4, 0.5) is 11.4 Å². The minimum atomic E-state index is -0.517. The number of ether oxygens (including phenoxy) is 1. The number of hydrogen-bond donors (Lipinski definition) is 1. The molecule has 0 aliphatic rings. The second-order valence-corrected chi connectivity index (χ2v) is 7.05. The Morgan fingerprint density at radius 1 is 1.12 bits per heavy atom. The zero-order chi connectivity index (χ0) is 22.5. The molecule has 0 unspecified atom stereocenters. The van der Waals surface area contributed by atoms with Gasteiger partial charge < -0.3 is 10.1 Å². The van der Waals surface area contributed by atoms with Crippen molar-refractivity contribution >= 4 is 17.3 Å². The van der Waals surface area contributed by atoms with Crippen LogP contribution < -0.4 is 10.1 Å². The predicted molar refractivity (Wildman–Crippen MR) is 116 cm³/mol. The highest BCUT2D eigenvalue weighted by Gasteiger charge is 2.15. The van der Waals surface area contributed by atoms with Crippen molar-refractivity contribution in [1.29, 1.82) is 0 Å². The van der Waals surface area contributed by atoms with E-state index in [1.807, 2.05) is 31.2 Å². The van der Waals surface area contributed by atoms with Crippen molar-refractivity contribution in [3.8, 4) is 5.75 Å². The molecule has 0 saturated carbocycles. The minimum absolute atomic E-state index is 0.0769. The first kappa shape index (κ1) is 20.8. The summed E-state index contributed by atoms with van der Waals surface area (Å²) in [5.74, 6) is -0.273. The van der Waals surface area contributed by atoms with E-state index in [9.17, 15) is 14.9 Å². The van der Waals surface area contributed by atoms with E-state index in [1.165, 1.54) is 28.4 Å². The SMILES string of the molecule is Cc1ccccc1Cn1cc(NC(=O)c2ccn(COc3ccccc3[N+](=O)[O-])n2)cn1. The monoisotopic (exact) mass is 432 g/mol. The number of rotatable bonds is 8. The van der Waals surface area contributed by atoms with Gasteiger partial charge in [0.2, 0.25) is 0 Å². The molecule has 0 spiro atoms. The number of carbonyl (C=O) groups excluding carboxylic acids is 1. The number of nitrogens with zero attached hydrogens (tertiary/aromatic N) is 5. The maximum Gasteiger partial charge on any atom is 0.311 e. The van der Waals surface area contributed by atoms with Crippen LogP contribution >= 0.6 is 0 Å². The van der Waals surface area contributed by atoms with Crippen LogP contribution in [0.15, 0.2) is 73.2 Å². The van der Waals surface area contributed by atoms with Crippen LogP contribution in [0.5, 0.6) is 5.75 Å². The van der Waals surface area contributed by atoms with Crippen LogP contribution in [0.1, 0.15) is 21.6 Å². The Hall–Kier alpha value is -4.47. The fourth-order valence-electron chi connectivity index (χ4n) is 3.09. The van der Waals surface area contributed by atoms with Crippen molar-refractivity contribution in [2.45, 2.75) is 20.2 Å². The lowest BCUT2D eigenvalue weighted by Crippen LogP contribution is -2.14. The van der Waals surface area contributed by atoms with Gasteiger partial charge in [0, 0.05) is 18.5 Å². The third kappa shape index (κ3) is 4.81. The number of anilines is 1. The fraction of sp³-hybridized carbons (Fsp3) is 0.136.